The minimum Gasteiger partial charge on any atom is -0.469 e. The van der Waals surface area contributed by atoms with Gasteiger partial charge in [-0.25, -0.2) is 9.37 Å². The summed E-state index contributed by atoms with van der Waals surface area (Å²) < 4.78 is 18.9. The van der Waals surface area contributed by atoms with Gasteiger partial charge in [-0.1, -0.05) is 18.3 Å². The first-order chi connectivity index (χ1) is 10.4. The predicted octanol–water partition coefficient (Wildman–Crippen LogP) is 3.27. The molecule has 5 nitrogen and oxygen atoms in total. The molecule has 0 radical (unpaired) electrons. The molecule has 2 rings (SSSR count). The average Bonchev–Trinajstić information content (AvgIpc) is 2.85. The van der Waals surface area contributed by atoms with E-state index in [1.165, 1.54) is 24.5 Å². The number of thiazole rings is 1. The van der Waals surface area contributed by atoms with E-state index in [9.17, 15) is 14.0 Å². The van der Waals surface area contributed by atoms with Gasteiger partial charge in [-0.3, -0.25) is 9.59 Å². The van der Waals surface area contributed by atoms with Gasteiger partial charge in [-0.15, -0.1) is 0 Å². The summed E-state index contributed by atoms with van der Waals surface area (Å²) in [5, 5.41) is 3.12. The molecule has 0 saturated carbocycles. The molecular formula is C15H17FN2O3S. The van der Waals surface area contributed by atoms with Gasteiger partial charge in [-0.2, -0.15) is 0 Å². The van der Waals surface area contributed by atoms with Gasteiger partial charge in [0.1, 0.15) is 5.82 Å². The standard InChI is InChI=1S/C15H17FN2O3S/c1-8(7-13(20)21-3)6-12(19)17-15-18-14-9(2)10(16)4-5-11(14)22-15/h4-5,8H,6-7H2,1-3H3,(H,17,18,19). The van der Waals surface area contributed by atoms with E-state index in [0.717, 1.165) is 4.70 Å². The van der Waals surface area contributed by atoms with Gasteiger partial charge < -0.3 is 10.1 Å². The summed E-state index contributed by atoms with van der Waals surface area (Å²) in [6.45, 7) is 3.45. The average molecular weight is 324 g/mol. The van der Waals surface area contributed by atoms with Gasteiger partial charge in [0.15, 0.2) is 5.13 Å². The molecule has 1 unspecified atom stereocenters. The van der Waals surface area contributed by atoms with Crippen LogP contribution in [0.4, 0.5) is 9.52 Å². The van der Waals surface area contributed by atoms with E-state index in [1.54, 1.807) is 19.9 Å². The van der Waals surface area contributed by atoms with Crippen molar-refractivity contribution in [1.82, 2.24) is 4.98 Å². The van der Waals surface area contributed by atoms with Crippen LogP contribution in [0.25, 0.3) is 10.2 Å². The van der Waals surface area contributed by atoms with E-state index >= 15 is 0 Å². The number of amides is 1. The monoisotopic (exact) mass is 324 g/mol. The number of methoxy groups -OCH3 is 1. The van der Waals surface area contributed by atoms with Crippen LogP contribution in [0, 0.1) is 18.7 Å². The van der Waals surface area contributed by atoms with E-state index in [1.807, 2.05) is 0 Å². The Morgan fingerprint density at radius 1 is 1.41 bits per heavy atom. The molecule has 1 amide bonds. The molecule has 1 heterocycles. The first-order valence-electron chi connectivity index (χ1n) is 6.83. The fraction of sp³-hybridized carbons (Fsp3) is 0.400. The summed E-state index contributed by atoms with van der Waals surface area (Å²) in [6, 6.07) is 3.03. The SMILES string of the molecule is COC(=O)CC(C)CC(=O)Nc1nc2c(C)c(F)ccc2s1. The molecule has 2 aromatic rings. The molecule has 1 N–H and O–H groups in total. The molecule has 0 saturated heterocycles. The molecule has 1 aromatic heterocycles. The van der Waals surface area contributed by atoms with Crippen LogP contribution >= 0.6 is 11.3 Å². The topological polar surface area (TPSA) is 68.3 Å². The van der Waals surface area contributed by atoms with Crippen LogP contribution in [0.2, 0.25) is 0 Å². The summed E-state index contributed by atoms with van der Waals surface area (Å²) >= 11 is 1.29. The maximum Gasteiger partial charge on any atom is 0.305 e. The smallest absolute Gasteiger partial charge is 0.305 e. The zero-order chi connectivity index (χ0) is 16.3. The summed E-state index contributed by atoms with van der Waals surface area (Å²) in [5.74, 6) is -1.01. The number of nitrogens with zero attached hydrogens (tertiary/aromatic N) is 1. The number of rotatable bonds is 5. The Labute approximate surface area is 131 Å². The predicted molar refractivity (Wildman–Crippen MR) is 83.4 cm³/mol. The van der Waals surface area contributed by atoms with Crippen molar-refractivity contribution in [3.8, 4) is 0 Å². The van der Waals surface area contributed by atoms with Crippen LogP contribution < -0.4 is 5.32 Å². The second kappa shape index (κ2) is 6.83. The number of nitrogens with one attached hydrogen (secondary N) is 1. The first kappa shape index (κ1) is 16.4. The number of anilines is 1. The quantitative estimate of drug-likeness (QED) is 0.857. The van der Waals surface area contributed by atoms with Crippen molar-refractivity contribution in [3.05, 3.63) is 23.5 Å². The number of fused-ring (bicyclic) bond motifs is 1. The largest absolute Gasteiger partial charge is 0.469 e. The van der Waals surface area contributed by atoms with Crippen molar-refractivity contribution >= 4 is 38.6 Å². The number of carbonyl (C=O) groups excluding carboxylic acids is 2. The Morgan fingerprint density at radius 2 is 2.14 bits per heavy atom. The molecular weight excluding hydrogens is 307 g/mol. The minimum atomic E-state index is -0.341. The van der Waals surface area contributed by atoms with Crippen LogP contribution in [0.5, 0.6) is 0 Å². The maximum absolute atomic E-state index is 13.5. The molecule has 22 heavy (non-hydrogen) atoms. The van der Waals surface area contributed by atoms with E-state index in [4.69, 9.17) is 0 Å². The number of halogens is 1. The van der Waals surface area contributed by atoms with Crippen LogP contribution in [0.1, 0.15) is 25.3 Å². The molecule has 0 aliphatic carbocycles. The number of benzene rings is 1. The number of ether oxygens (including phenoxy) is 1. The molecule has 0 bridgehead atoms. The third-order valence-electron chi connectivity index (χ3n) is 3.27. The molecule has 0 spiro atoms. The number of hydrogen-bond donors (Lipinski definition) is 1. The number of hydrogen-bond acceptors (Lipinski definition) is 5. The Morgan fingerprint density at radius 3 is 2.82 bits per heavy atom. The lowest BCUT2D eigenvalue weighted by molar-refractivity contribution is -0.141. The molecule has 118 valence electrons. The number of aryl methyl sites for hydroxylation is 1. The lowest BCUT2D eigenvalue weighted by Crippen LogP contribution is -2.17. The first-order valence-corrected chi connectivity index (χ1v) is 7.64. The summed E-state index contributed by atoms with van der Waals surface area (Å²) in [5.41, 5.74) is 1.02. The number of aromatic nitrogens is 1. The van der Waals surface area contributed by atoms with Crippen LogP contribution in [-0.4, -0.2) is 24.0 Å². The van der Waals surface area contributed by atoms with Crippen molar-refractivity contribution in [3.63, 3.8) is 0 Å². The van der Waals surface area contributed by atoms with Crippen molar-refractivity contribution in [1.29, 1.82) is 0 Å². The number of esters is 1. The Balaban J connectivity index is 2.03. The highest BCUT2D eigenvalue weighted by atomic mass is 32.1. The molecule has 1 atom stereocenters. The highest BCUT2D eigenvalue weighted by molar-refractivity contribution is 7.22. The van der Waals surface area contributed by atoms with Crippen molar-refractivity contribution in [2.45, 2.75) is 26.7 Å². The van der Waals surface area contributed by atoms with Gasteiger partial charge >= 0.3 is 5.97 Å². The van der Waals surface area contributed by atoms with E-state index < -0.39 is 0 Å². The van der Waals surface area contributed by atoms with Crippen LogP contribution in [0.15, 0.2) is 12.1 Å². The summed E-state index contributed by atoms with van der Waals surface area (Å²) in [7, 11) is 1.32. The third-order valence-corrected chi connectivity index (χ3v) is 4.21. The summed E-state index contributed by atoms with van der Waals surface area (Å²) in [4.78, 5) is 27.4. The van der Waals surface area contributed by atoms with Crippen molar-refractivity contribution < 1.29 is 18.7 Å². The van der Waals surface area contributed by atoms with Crippen LogP contribution in [-0.2, 0) is 14.3 Å². The summed E-state index contributed by atoms with van der Waals surface area (Å²) in [6.07, 6.45) is 0.381. The van der Waals surface area contributed by atoms with Gasteiger partial charge in [0.25, 0.3) is 0 Å². The van der Waals surface area contributed by atoms with Gasteiger partial charge in [-0.05, 0) is 25.0 Å². The second-order valence-corrected chi connectivity index (χ2v) is 6.21. The van der Waals surface area contributed by atoms with Crippen molar-refractivity contribution in [2.24, 2.45) is 5.92 Å². The third kappa shape index (κ3) is 3.79. The van der Waals surface area contributed by atoms with Crippen molar-refractivity contribution in [2.75, 3.05) is 12.4 Å². The minimum absolute atomic E-state index is 0.124. The fourth-order valence-electron chi connectivity index (χ4n) is 2.08. The molecule has 1 aromatic carbocycles. The Kier molecular flexibility index (Phi) is 5.07. The highest BCUT2D eigenvalue weighted by Gasteiger charge is 2.16. The molecule has 7 heteroatoms. The zero-order valence-corrected chi connectivity index (χ0v) is 13.4. The lowest BCUT2D eigenvalue weighted by atomic mass is 10.0. The normalized spacial score (nSPS) is 12.2. The van der Waals surface area contributed by atoms with E-state index in [2.05, 4.69) is 15.0 Å². The van der Waals surface area contributed by atoms with E-state index in [0.29, 0.717) is 16.2 Å². The number of carbonyl (C=O) groups is 2. The fourth-order valence-corrected chi connectivity index (χ4v) is 3.02. The van der Waals surface area contributed by atoms with Crippen LogP contribution in [0.3, 0.4) is 0 Å². The molecule has 0 aliphatic heterocycles. The maximum atomic E-state index is 13.5. The lowest BCUT2D eigenvalue weighted by Gasteiger charge is -2.08. The zero-order valence-electron chi connectivity index (χ0n) is 12.6. The molecule has 0 fully saturated rings. The second-order valence-electron chi connectivity index (χ2n) is 5.18. The Bertz CT molecular complexity index is 714. The highest BCUT2D eigenvalue weighted by Crippen LogP contribution is 2.29. The molecule has 0 aliphatic rings. The van der Waals surface area contributed by atoms with Gasteiger partial charge in [0, 0.05) is 18.4 Å². The van der Waals surface area contributed by atoms with Gasteiger partial charge in [0.2, 0.25) is 5.91 Å². The van der Waals surface area contributed by atoms with E-state index in [-0.39, 0.29) is 36.5 Å². The van der Waals surface area contributed by atoms with Gasteiger partial charge in [0.05, 0.1) is 17.3 Å². The Hall–Kier alpha value is -2.02.